The van der Waals surface area contributed by atoms with Gasteiger partial charge in [-0.25, -0.2) is 0 Å². The van der Waals surface area contributed by atoms with Crippen molar-refractivity contribution in [2.75, 3.05) is 38.6 Å². The lowest BCUT2D eigenvalue weighted by Gasteiger charge is -2.47. The van der Waals surface area contributed by atoms with Crippen molar-refractivity contribution in [1.82, 2.24) is 10.2 Å². The van der Waals surface area contributed by atoms with Crippen molar-refractivity contribution < 1.29 is 0 Å². The SMILES string of the molecule is CNCc1ccc(N2CCC3C(CCCN3C)C2)c(C)c1. The Labute approximate surface area is 129 Å². The van der Waals surface area contributed by atoms with Gasteiger partial charge in [-0.1, -0.05) is 12.1 Å². The zero-order valence-electron chi connectivity index (χ0n) is 13.7. The summed E-state index contributed by atoms with van der Waals surface area (Å²) in [5.74, 6) is 0.855. The van der Waals surface area contributed by atoms with Crippen LogP contribution in [0.4, 0.5) is 5.69 Å². The molecule has 0 saturated carbocycles. The van der Waals surface area contributed by atoms with Gasteiger partial charge in [-0.05, 0) is 69.9 Å². The molecule has 21 heavy (non-hydrogen) atoms. The first-order valence-electron chi connectivity index (χ1n) is 8.38. The smallest absolute Gasteiger partial charge is 0.0396 e. The van der Waals surface area contributed by atoms with Crippen molar-refractivity contribution in [3.63, 3.8) is 0 Å². The largest absolute Gasteiger partial charge is 0.371 e. The summed E-state index contributed by atoms with van der Waals surface area (Å²) in [5.41, 5.74) is 4.25. The van der Waals surface area contributed by atoms with E-state index in [9.17, 15) is 0 Å². The van der Waals surface area contributed by atoms with Crippen LogP contribution >= 0.6 is 0 Å². The number of benzene rings is 1. The van der Waals surface area contributed by atoms with E-state index in [1.807, 2.05) is 7.05 Å². The van der Waals surface area contributed by atoms with E-state index < -0.39 is 0 Å². The number of likely N-dealkylation sites (tertiary alicyclic amines) is 1. The highest BCUT2D eigenvalue weighted by Crippen LogP contribution is 2.33. The van der Waals surface area contributed by atoms with Crippen LogP contribution in [0.5, 0.6) is 0 Å². The summed E-state index contributed by atoms with van der Waals surface area (Å²) in [5, 5.41) is 3.23. The predicted molar refractivity (Wildman–Crippen MR) is 89.9 cm³/mol. The Morgan fingerprint density at radius 1 is 1.24 bits per heavy atom. The number of fused-ring (bicyclic) bond motifs is 1. The second-order valence-corrected chi connectivity index (χ2v) is 6.84. The summed E-state index contributed by atoms with van der Waals surface area (Å²) in [6.45, 7) is 6.95. The summed E-state index contributed by atoms with van der Waals surface area (Å²) < 4.78 is 0. The minimum Gasteiger partial charge on any atom is -0.371 e. The molecule has 2 atom stereocenters. The van der Waals surface area contributed by atoms with Gasteiger partial charge in [-0.2, -0.15) is 0 Å². The number of aryl methyl sites for hydroxylation is 1. The first-order chi connectivity index (χ1) is 10.2. The molecule has 1 N–H and O–H groups in total. The molecule has 0 aromatic heterocycles. The van der Waals surface area contributed by atoms with E-state index in [2.05, 4.69) is 47.3 Å². The molecule has 1 aromatic carbocycles. The molecule has 0 amide bonds. The van der Waals surface area contributed by atoms with Crippen molar-refractivity contribution in [3.05, 3.63) is 29.3 Å². The molecular formula is C18H29N3. The molecule has 3 heteroatoms. The zero-order chi connectivity index (χ0) is 14.8. The number of piperidine rings is 2. The van der Waals surface area contributed by atoms with Crippen LogP contribution in [0, 0.1) is 12.8 Å². The van der Waals surface area contributed by atoms with E-state index in [0.29, 0.717) is 0 Å². The highest BCUT2D eigenvalue weighted by atomic mass is 15.2. The number of anilines is 1. The second-order valence-electron chi connectivity index (χ2n) is 6.84. The summed E-state index contributed by atoms with van der Waals surface area (Å²) >= 11 is 0. The molecule has 3 rings (SSSR count). The molecule has 2 aliphatic heterocycles. The van der Waals surface area contributed by atoms with Crippen molar-refractivity contribution in [2.45, 2.75) is 38.8 Å². The third kappa shape index (κ3) is 3.09. The zero-order valence-corrected chi connectivity index (χ0v) is 13.7. The van der Waals surface area contributed by atoms with Gasteiger partial charge in [0.2, 0.25) is 0 Å². The molecule has 0 radical (unpaired) electrons. The molecule has 2 heterocycles. The fourth-order valence-electron chi connectivity index (χ4n) is 4.26. The number of nitrogens with zero attached hydrogens (tertiary/aromatic N) is 2. The fraction of sp³-hybridized carbons (Fsp3) is 0.667. The number of nitrogens with one attached hydrogen (secondary N) is 1. The van der Waals surface area contributed by atoms with Crippen LogP contribution in [0.15, 0.2) is 18.2 Å². The van der Waals surface area contributed by atoms with Crippen molar-refractivity contribution >= 4 is 5.69 Å². The molecule has 0 spiro atoms. The maximum Gasteiger partial charge on any atom is 0.0396 e. The van der Waals surface area contributed by atoms with Crippen LogP contribution in [0.3, 0.4) is 0 Å². The Hall–Kier alpha value is -1.06. The van der Waals surface area contributed by atoms with Gasteiger partial charge in [0.05, 0.1) is 0 Å². The molecule has 2 fully saturated rings. The number of rotatable bonds is 3. The van der Waals surface area contributed by atoms with Crippen LogP contribution in [0.2, 0.25) is 0 Å². The van der Waals surface area contributed by atoms with Gasteiger partial charge in [0.1, 0.15) is 0 Å². The van der Waals surface area contributed by atoms with Crippen molar-refractivity contribution in [1.29, 1.82) is 0 Å². The van der Waals surface area contributed by atoms with E-state index in [1.165, 1.54) is 55.7 Å². The van der Waals surface area contributed by atoms with Gasteiger partial charge >= 0.3 is 0 Å². The fourth-order valence-corrected chi connectivity index (χ4v) is 4.26. The van der Waals surface area contributed by atoms with E-state index in [0.717, 1.165) is 18.5 Å². The standard InChI is InChI=1S/C18H29N3/c1-14-11-15(12-19-2)6-7-17(14)21-10-8-18-16(13-21)5-4-9-20(18)3/h6-7,11,16,18-19H,4-5,8-10,12-13H2,1-3H3. The van der Waals surface area contributed by atoms with E-state index in [4.69, 9.17) is 0 Å². The molecule has 2 unspecified atom stereocenters. The topological polar surface area (TPSA) is 18.5 Å². The van der Waals surface area contributed by atoms with Crippen LogP contribution in [-0.4, -0.2) is 44.7 Å². The molecule has 3 nitrogen and oxygen atoms in total. The Morgan fingerprint density at radius 2 is 2.10 bits per heavy atom. The number of hydrogen-bond donors (Lipinski definition) is 1. The molecular weight excluding hydrogens is 258 g/mol. The third-order valence-electron chi connectivity index (χ3n) is 5.33. The Morgan fingerprint density at radius 3 is 2.86 bits per heavy atom. The quantitative estimate of drug-likeness (QED) is 0.922. The summed E-state index contributed by atoms with van der Waals surface area (Å²) in [6.07, 6.45) is 4.09. The van der Waals surface area contributed by atoms with Crippen molar-refractivity contribution in [2.24, 2.45) is 5.92 Å². The molecule has 0 bridgehead atoms. The monoisotopic (exact) mass is 287 g/mol. The average molecular weight is 287 g/mol. The normalized spacial score (nSPS) is 26.7. The lowest BCUT2D eigenvalue weighted by atomic mass is 9.84. The predicted octanol–water partition coefficient (Wildman–Crippen LogP) is 2.63. The van der Waals surface area contributed by atoms with Crippen LogP contribution in [0.25, 0.3) is 0 Å². The average Bonchev–Trinajstić information content (AvgIpc) is 2.48. The molecule has 2 saturated heterocycles. The first kappa shape index (κ1) is 14.9. The molecule has 2 aliphatic rings. The van der Waals surface area contributed by atoms with Crippen LogP contribution in [0.1, 0.15) is 30.4 Å². The van der Waals surface area contributed by atoms with Crippen LogP contribution in [-0.2, 0) is 6.54 Å². The lowest BCUT2D eigenvalue weighted by molar-refractivity contribution is 0.102. The summed E-state index contributed by atoms with van der Waals surface area (Å²) in [4.78, 5) is 5.22. The highest BCUT2D eigenvalue weighted by molar-refractivity contribution is 5.55. The van der Waals surface area contributed by atoms with Crippen LogP contribution < -0.4 is 10.2 Å². The minimum absolute atomic E-state index is 0.818. The minimum atomic E-state index is 0.818. The molecule has 0 aliphatic carbocycles. The van der Waals surface area contributed by atoms with Crippen molar-refractivity contribution in [3.8, 4) is 0 Å². The Bertz CT molecular complexity index is 485. The van der Waals surface area contributed by atoms with Gasteiger partial charge < -0.3 is 15.1 Å². The van der Waals surface area contributed by atoms with Gasteiger partial charge in [-0.15, -0.1) is 0 Å². The number of hydrogen-bond acceptors (Lipinski definition) is 3. The summed E-state index contributed by atoms with van der Waals surface area (Å²) in [6, 6.07) is 7.76. The van der Waals surface area contributed by atoms with Gasteiger partial charge in [-0.3, -0.25) is 0 Å². The van der Waals surface area contributed by atoms with Gasteiger partial charge in [0, 0.05) is 31.4 Å². The molecule has 116 valence electrons. The third-order valence-corrected chi connectivity index (χ3v) is 5.33. The maximum absolute atomic E-state index is 3.23. The van der Waals surface area contributed by atoms with Gasteiger partial charge in [0.25, 0.3) is 0 Å². The maximum atomic E-state index is 3.23. The second kappa shape index (κ2) is 6.37. The highest BCUT2D eigenvalue weighted by Gasteiger charge is 2.34. The van der Waals surface area contributed by atoms with Gasteiger partial charge in [0.15, 0.2) is 0 Å². The Kier molecular flexibility index (Phi) is 4.51. The van der Waals surface area contributed by atoms with E-state index in [-0.39, 0.29) is 0 Å². The summed E-state index contributed by atoms with van der Waals surface area (Å²) in [7, 11) is 4.32. The first-order valence-corrected chi connectivity index (χ1v) is 8.38. The van der Waals surface area contributed by atoms with E-state index in [1.54, 1.807) is 0 Å². The lowest BCUT2D eigenvalue weighted by Crippen LogP contribution is -2.52. The molecule has 1 aromatic rings. The Balaban J connectivity index is 1.73. The van der Waals surface area contributed by atoms with E-state index >= 15 is 0 Å².